The molecule has 2 aliphatic heterocycles. The molecule has 1 saturated heterocycles. The van der Waals surface area contributed by atoms with Crippen LogP contribution in [0.1, 0.15) is 13.8 Å². The topological polar surface area (TPSA) is 70.7 Å². The number of allylic oxidation sites excluding steroid dienone is 1. The monoisotopic (exact) mass is 225 g/mol. The van der Waals surface area contributed by atoms with Crippen LogP contribution in [0.2, 0.25) is 0 Å². The number of ether oxygens (including phenoxy) is 1. The van der Waals surface area contributed by atoms with Crippen LogP contribution in [0.4, 0.5) is 0 Å². The van der Waals surface area contributed by atoms with Crippen molar-refractivity contribution in [3.05, 3.63) is 11.9 Å². The number of carbonyl (C=O) groups is 2. The standard InChI is InChI=1S/C10H15N3O3/c1-3-16-10(15)7-4-11-13-5-6(2)12-9(14)8(7)13/h5,7-8,11H,3-4H2,1-2H3,(H,12,14)/t7-,8?/m1/s1. The van der Waals surface area contributed by atoms with Gasteiger partial charge in [0.1, 0.15) is 12.0 Å². The summed E-state index contributed by atoms with van der Waals surface area (Å²) in [7, 11) is 0. The van der Waals surface area contributed by atoms with E-state index >= 15 is 0 Å². The van der Waals surface area contributed by atoms with Crippen LogP contribution in [-0.4, -0.2) is 36.1 Å². The first-order valence-corrected chi connectivity index (χ1v) is 5.31. The summed E-state index contributed by atoms with van der Waals surface area (Å²) in [5, 5.41) is 4.39. The van der Waals surface area contributed by atoms with Crippen LogP contribution in [0, 0.1) is 5.92 Å². The minimum absolute atomic E-state index is 0.164. The summed E-state index contributed by atoms with van der Waals surface area (Å²) in [6.45, 7) is 4.32. The third-order valence-electron chi connectivity index (χ3n) is 2.69. The van der Waals surface area contributed by atoms with E-state index in [1.54, 1.807) is 25.1 Å². The van der Waals surface area contributed by atoms with Crippen LogP contribution in [0.15, 0.2) is 11.9 Å². The summed E-state index contributed by atoms with van der Waals surface area (Å²) in [5.74, 6) is -0.932. The third-order valence-corrected chi connectivity index (χ3v) is 2.69. The van der Waals surface area contributed by atoms with Gasteiger partial charge in [-0.2, -0.15) is 0 Å². The third kappa shape index (κ3) is 1.76. The molecular formula is C10H15N3O3. The molecule has 6 nitrogen and oxygen atoms in total. The van der Waals surface area contributed by atoms with Crippen molar-refractivity contribution in [2.75, 3.05) is 13.2 Å². The Hall–Kier alpha value is -1.56. The van der Waals surface area contributed by atoms with Crippen LogP contribution >= 0.6 is 0 Å². The van der Waals surface area contributed by atoms with E-state index in [-0.39, 0.29) is 11.9 Å². The van der Waals surface area contributed by atoms with Gasteiger partial charge in [0, 0.05) is 18.4 Å². The fraction of sp³-hybridized carbons (Fsp3) is 0.600. The molecule has 2 rings (SSSR count). The first-order valence-electron chi connectivity index (χ1n) is 5.31. The van der Waals surface area contributed by atoms with Crippen LogP contribution in [0.5, 0.6) is 0 Å². The van der Waals surface area contributed by atoms with E-state index in [1.807, 2.05) is 0 Å². The van der Waals surface area contributed by atoms with Gasteiger partial charge < -0.3 is 15.1 Å². The molecule has 2 heterocycles. The largest absolute Gasteiger partial charge is 0.466 e. The van der Waals surface area contributed by atoms with E-state index in [2.05, 4.69) is 10.7 Å². The Morgan fingerprint density at radius 2 is 2.44 bits per heavy atom. The van der Waals surface area contributed by atoms with Gasteiger partial charge in [-0.05, 0) is 13.8 Å². The van der Waals surface area contributed by atoms with E-state index in [0.717, 1.165) is 5.70 Å². The van der Waals surface area contributed by atoms with Crippen molar-refractivity contribution in [2.24, 2.45) is 5.92 Å². The molecule has 0 bridgehead atoms. The molecule has 0 spiro atoms. The van der Waals surface area contributed by atoms with Crippen LogP contribution in [-0.2, 0) is 14.3 Å². The normalized spacial score (nSPS) is 28.2. The maximum atomic E-state index is 11.8. The number of rotatable bonds is 2. The Morgan fingerprint density at radius 3 is 3.12 bits per heavy atom. The van der Waals surface area contributed by atoms with Gasteiger partial charge in [0.15, 0.2) is 0 Å². The average Bonchev–Trinajstić information content (AvgIpc) is 2.61. The number of carbonyl (C=O) groups excluding carboxylic acids is 2. The van der Waals surface area contributed by atoms with Crippen LogP contribution < -0.4 is 10.7 Å². The summed E-state index contributed by atoms with van der Waals surface area (Å²) in [4.78, 5) is 23.4. The van der Waals surface area contributed by atoms with Crippen molar-refractivity contribution in [3.8, 4) is 0 Å². The smallest absolute Gasteiger partial charge is 0.313 e. The second-order valence-electron chi connectivity index (χ2n) is 3.87. The Labute approximate surface area is 93.6 Å². The Bertz CT molecular complexity index is 353. The van der Waals surface area contributed by atoms with Crippen LogP contribution in [0.25, 0.3) is 0 Å². The van der Waals surface area contributed by atoms with Gasteiger partial charge in [0.25, 0.3) is 0 Å². The molecule has 1 unspecified atom stereocenters. The van der Waals surface area contributed by atoms with E-state index < -0.39 is 12.0 Å². The van der Waals surface area contributed by atoms with Crippen LogP contribution in [0.3, 0.4) is 0 Å². The Morgan fingerprint density at radius 1 is 1.69 bits per heavy atom. The molecule has 2 N–H and O–H groups in total. The first-order chi connectivity index (χ1) is 7.63. The highest BCUT2D eigenvalue weighted by Gasteiger charge is 2.45. The molecule has 88 valence electrons. The van der Waals surface area contributed by atoms with Crippen molar-refractivity contribution in [3.63, 3.8) is 0 Å². The zero-order valence-corrected chi connectivity index (χ0v) is 9.32. The maximum Gasteiger partial charge on any atom is 0.313 e. The lowest BCUT2D eigenvalue weighted by atomic mass is 10.00. The molecule has 0 aliphatic carbocycles. The molecule has 16 heavy (non-hydrogen) atoms. The van der Waals surface area contributed by atoms with Crippen molar-refractivity contribution in [2.45, 2.75) is 19.9 Å². The highest BCUT2D eigenvalue weighted by atomic mass is 16.5. The number of hydrogen-bond acceptors (Lipinski definition) is 5. The second kappa shape index (κ2) is 4.13. The zero-order valence-electron chi connectivity index (χ0n) is 9.32. The van der Waals surface area contributed by atoms with E-state index in [1.165, 1.54) is 0 Å². The van der Waals surface area contributed by atoms with E-state index in [9.17, 15) is 9.59 Å². The van der Waals surface area contributed by atoms with Gasteiger partial charge in [-0.15, -0.1) is 0 Å². The maximum absolute atomic E-state index is 11.8. The molecule has 2 aliphatic rings. The van der Waals surface area contributed by atoms with Gasteiger partial charge in [0.05, 0.1) is 6.61 Å². The molecule has 0 aromatic rings. The molecule has 6 heteroatoms. The zero-order chi connectivity index (χ0) is 11.7. The highest BCUT2D eigenvalue weighted by molar-refractivity contribution is 5.90. The van der Waals surface area contributed by atoms with Gasteiger partial charge in [0.2, 0.25) is 5.91 Å². The SMILES string of the molecule is CCOC(=O)[C@@H]1CNN2C=C(C)NC(=O)C12. The highest BCUT2D eigenvalue weighted by Crippen LogP contribution is 2.22. The Kier molecular flexibility index (Phi) is 2.82. The fourth-order valence-corrected chi connectivity index (χ4v) is 2.01. The molecular weight excluding hydrogens is 210 g/mol. The fourth-order valence-electron chi connectivity index (χ4n) is 2.01. The predicted octanol–water partition coefficient (Wildman–Crippen LogP) is -0.654. The van der Waals surface area contributed by atoms with E-state index in [0.29, 0.717) is 13.2 Å². The van der Waals surface area contributed by atoms with E-state index in [4.69, 9.17) is 4.74 Å². The van der Waals surface area contributed by atoms with Crippen molar-refractivity contribution < 1.29 is 14.3 Å². The lowest BCUT2D eigenvalue weighted by Crippen LogP contribution is -2.51. The molecule has 2 atom stereocenters. The first kappa shape index (κ1) is 10.9. The number of hydrogen-bond donors (Lipinski definition) is 2. The summed E-state index contributed by atoms with van der Waals surface area (Å²) in [6.07, 6.45) is 1.78. The van der Waals surface area contributed by atoms with Gasteiger partial charge >= 0.3 is 5.97 Å². The van der Waals surface area contributed by atoms with Gasteiger partial charge in [-0.1, -0.05) is 0 Å². The average molecular weight is 225 g/mol. The quantitative estimate of drug-likeness (QED) is 0.611. The molecule has 0 aromatic heterocycles. The number of fused-ring (bicyclic) bond motifs is 1. The molecule has 0 radical (unpaired) electrons. The number of amides is 1. The van der Waals surface area contributed by atoms with Crippen molar-refractivity contribution in [1.82, 2.24) is 15.8 Å². The summed E-state index contributed by atoms with van der Waals surface area (Å²) < 4.78 is 4.94. The van der Waals surface area contributed by atoms with Gasteiger partial charge in [-0.3, -0.25) is 9.59 Å². The number of nitrogens with one attached hydrogen (secondary N) is 2. The minimum Gasteiger partial charge on any atom is -0.466 e. The second-order valence-corrected chi connectivity index (χ2v) is 3.87. The summed E-state index contributed by atoms with van der Waals surface area (Å²) in [6, 6.07) is -0.497. The lowest BCUT2D eigenvalue weighted by Gasteiger charge is -2.29. The Balaban J connectivity index is 2.15. The predicted molar refractivity (Wildman–Crippen MR) is 55.7 cm³/mol. The molecule has 0 aromatic carbocycles. The molecule has 1 amide bonds. The molecule has 1 fully saturated rings. The number of esters is 1. The minimum atomic E-state index is -0.497. The van der Waals surface area contributed by atoms with Gasteiger partial charge in [-0.25, -0.2) is 5.43 Å². The van der Waals surface area contributed by atoms with Crippen molar-refractivity contribution >= 4 is 11.9 Å². The molecule has 0 saturated carbocycles. The van der Waals surface area contributed by atoms with Crippen molar-refractivity contribution in [1.29, 1.82) is 0 Å². The number of hydrazine groups is 1. The lowest BCUT2D eigenvalue weighted by molar-refractivity contribution is -0.150. The number of nitrogens with zero attached hydrogens (tertiary/aromatic N) is 1. The summed E-state index contributed by atoms with van der Waals surface area (Å²) in [5.41, 5.74) is 3.77. The summed E-state index contributed by atoms with van der Waals surface area (Å²) >= 11 is 0.